The number of hydrogen-bond acceptors (Lipinski definition) is 4. The number of alkyl halides is 1. The molecule has 45 heavy (non-hydrogen) atoms. The second kappa shape index (κ2) is 12.2. The molecule has 1 N–H and O–H groups in total. The van der Waals surface area contributed by atoms with Crippen molar-refractivity contribution < 1.29 is 13.6 Å². The van der Waals surface area contributed by atoms with Crippen LogP contribution in [0.15, 0.2) is 47.4 Å². The van der Waals surface area contributed by atoms with Crippen LogP contribution in [-0.4, -0.2) is 62.6 Å². The number of aromatic nitrogens is 3. The first-order chi connectivity index (χ1) is 21.9. The summed E-state index contributed by atoms with van der Waals surface area (Å²) in [6, 6.07) is 10.1. The van der Waals surface area contributed by atoms with Crippen molar-refractivity contribution in [1.82, 2.24) is 24.3 Å². The molecule has 4 fully saturated rings. The van der Waals surface area contributed by atoms with Crippen LogP contribution in [0, 0.1) is 5.82 Å². The fraction of sp³-hybridized carbons (Fsp3) is 0.472. The fourth-order valence-corrected chi connectivity index (χ4v) is 6.74. The molecule has 0 atom stereocenters. The lowest BCUT2D eigenvalue weighted by Crippen LogP contribution is -2.51. The van der Waals surface area contributed by atoms with E-state index in [0.717, 1.165) is 67.7 Å². The van der Waals surface area contributed by atoms with Gasteiger partial charge in [0.1, 0.15) is 23.3 Å². The van der Waals surface area contributed by atoms with Crippen LogP contribution in [-0.2, 0) is 6.54 Å². The number of rotatable bonds is 7. The largest absolute Gasteiger partial charge is 0.353 e. The molecular formula is C36H41F2N5O2. The SMILES string of the molecule is CC.O=C(c1cc(F)ccc1-c1cc(C2CC2)nc(-n2cc(C3CC3)c3cc(CN4CCCCC4)[nH]c3c2=O)c1)N1CC(F)C1. The van der Waals surface area contributed by atoms with Crippen LogP contribution in [0.4, 0.5) is 8.78 Å². The van der Waals surface area contributed by atoms with Crippen molar-refractivity contribution in [3.8, 4) is 16.9 Å². The van der Waals surface area contributed by atoms with Gasteiger partial charge in [-0.1, -0.05) is 26.3 Å². The Hall–Kier alpha value is -3.85. The normalized spacial score (nSPS) is 18.9. The van der Waals surface area contributed by atoms with Gasteiger partial charge in [0, 0.05) is 35.4 Å². The number of pyridine rings is 2. The van der Waals surface area contributed by atoms with Crippen LogP contribution >= 0.6 is 0 Å². The van der Waals surface area contributed by atoms with Gasteiger partial charge in [-0.05, 0) is 105 Å². The second-order valence-corrected chi connectivity index (χ2v) is 12.9. The topological polar surface area (TPSA) is 74.2 Å². The van der Waals surface area contributed by atoms with Gasteiger partial charge in [-0.25, -0.2) is 13.8 Å². The maximum Gasteiger partial charge on any atom is 0.280 e. The maximum absolute atomic E-state index is 14.4. The van der Waals surface area contributed by atoms with Crippen molar-refractivity contribution in [2.75, 3.05) is 26.2 Å². The Morgan fingerprint density at radius 2 is 1.71 bits per heavy atom. The summed E-state index contributed by atoms with van der Waals surface area (Å²) in [6.45, 7) is 6.99. The van der Waals surface area contributed by atoms with Gasteiger partial charge in [0.05, 0.1) is 18.7 Å². The lowest BCUT2D eigenvalue weighted by atomic mass is 9.96. The zero-order valence-corrected chi connectivity index (χ0v) is 26.1. The van der Waals surface area contributed by atoms with E-state index >= 15 is 0 Å². The number of likely N-dealkylation sites (tertiary alicyclic amines) is 2. The first-order valence-electron chi connectivity index (χ1n) is 16.7. The smallest absolute Gasteiger partial charge is 0.280 e. The summed E-state index contributed by atoms with van der Waals surface area (Å²) in [5.41, 5.74) is 4.98. The molecule has 0 bridgehead atoms. The molecule has 2 aliphatic carbocycles. The highest BCUT2D eigenvalue weighted by atomic mass is 19.1. The van der Waals surface area contributed by atoms with Gasteiger partial charge < -0.3 is 9.88 Å². The van der Waals surface area contributed by atoms with Crippen LogP contribution in [0.25, 0.3) is 27.8 Å². The first kappa shape index (κ1) is 29.8. The van der Waals surface area contributed by atoms with Crippen LogP contribution < -0.4 is 5.56 Å². The molecule has 7 nitrogen and oxygen atoms in total. The Morgan fingerprint density at radius 1 is 0.978 bits per heavy atom. The van der Waals surface area contributed by atoms with E-state index in [1.54, 1.807) is 10.6 Å². The number of nitrogens with zero attached hydrogens (tertiary/aromatic N) is 4. The molecule has 3 aromatic heterocycles. The third kappa shape index (κ3) is 5.94. The minimum Gasteiger partial charge on any atom is -0.353 e. The molecule has 1 aromatic carbocycles. The van der Waals surface area contributed by atoms with E-state index < -0.39 is 17.9 Å². The Morgan fingerprint density at radius 3 is 2.40 bits per heavy atom. The first-order valence-corrected chi connectivity index (χ1v) is 16.7. The number of carbonyl (C=O) groups is 1. The Bertz CT molecular complexity index is 1790. The summed E-state index contributed by atoms with van der Waals surface area (Å²) in [5, 5.41) is 1.00. The molecule has 2 aliphatic heterocycles. The van der Waals surface area contributed by atoms with Crippen LogP contribution in [0.2, 0.25) is 0 Å². The number of nitrogens with one attached hydrogen (secondary N) is 1. The van der Waals surface area contributed by atoms with Gasteiger partial charge in [0.15, 0.2) is 0 Å². The number of carbonyl (C=O) groups excluding carboxylic acids is 1. The summed E-state index contributed by atoms with van der Waals surface area (Å²) in [5.74, 6) is 0.276. The summed E-state index contributed by atoms with van der Waals surface area (Å²) < 4.78 is 29.7. The fourth-order valence-electron chi connectivity index (χ4n) is 6.74. The monoisotopic (exact) mass is 613 g/mol. The van der Waals surface area contributed by atoms with Gasteiger partial charge in [0.2, 0.25) is 0 Å². The quantitative estimate of drug-likeness (QED) is 0.242. The van der Waals surface area contributed by atoms with Gasteiger partial charge >= 0.3 is 0 Å². The highest BCUT2D eigenvalue weighted by molar-refractivity contribution is 6.01. The molecule has 2 saturated heterocycles. The number of amides is 1. The molecule has 0 unspecified atom stereocenters. The van der Waals surface area contributed by atoms with E-state index in [2.05, 4.69) is 16.0 Å². The van der Waals surface area contributed by atoms with E-state index in [1.165, 1.54) is 36.3 Å². The number of benzene rings is 1. The molecule has 9 heteroatoms. The van der Waals surface area contributed by atoms with E-state index in [0.29, 0.717) is 28.4 Å². The van der Waals surface area contributed by atoms with Crippen LogP contribution in [0.5, 0.6) is 0 Å². The predicted octanol–water partition coefficient (Wildman–Crippen LogP) is 7.08. The third-order valence-corrected chi connectivity index (χ3v) is 9.47. The number of piperidine rings is 1. The zero-order chi connectivity index (χ0) is 31.2. The van der Waals surface area contributed by atoms with Crippen molar-refractivity contribution in [2.24, 2.45) is 0 Å². The Balaban J connectivity index is 0.00000160. The van der Waals surface area contributed by atoms with Crippen molar-refractivity contribution in [3.05, 3.63) is 81.3 Å². The van der Waals surface area contributed by atoms with E-state index in [-0.39, 0.29) is 30.1 Å². The molecule has 0 spiro atoms. The molecule has 4 aliphatic rings. The molecule has 5 heterocycles. The Kier molecular flexibility index (Phi) is 8.06. The number of halogens is 2. The maximum atomic E-state index is 14.4. The summed E-state index contributed by atoms with van der Waals surface area (Å²) in [7, 11) is 0. The van der Waals surface area contributed by atoms with Crippen molar-refractivity contribution in [3.63, 3.8) is 0 Å². The van der Waals surface area contributed by atoms with E-state index in [9.17, 15) is 18.4 Å². The number of H-pyrrole nitrogens is 1. The van der Waals surface area contributed by atoms with Gasteiger partial charge in [-0.15, -0.1) is 0 Å². The van der Waals surface area contributed by atoms with E-state index in [1.807, 2.05) is 32.2 Å². The van der Waals surface area contributed by atoms with Gasteiger partial charge in [0.25, 0.3) is 11.5 Å². The molecule has 8 rings (SSSR count). The number of aromatic amines is 1. The molecular weight excluding hydrogens is 572 g/mol. The van der Waals surface area contributed by atoms with Crippen LogP contribution in [0.3, 0.4) is 0 Å². The minimum absolute atomic E-state index is 0.0128. The standard InChI is InChI=1S/C34H35F2N5O2.C2H6/c35-23-8-9-26(28(14-23)33(42)40-16-24(36)17-40)22-12-30(21-6-7-21)38-31(13-22)41-19-29(20-4-5-20)27-15-25(37-32(27)34(41)43)18-39-10-2-1-3-11-39;1-2/h8-9,12-15,19-21,24,37H,1-7,10-11,16-18H2;1-2H3. The second-order valence-electron chi connectivity index (χ2n) is 12.9. The predicted molar refractivity (Wildman–Crippen MR) is 172 cm³/mol. The molecule has 2 saturated carbocycles. The Labute approximate surface area is 262 Å². The molecule has 0 radical (unpaired) electrons. The van der Waals surface area contributed by atoms with Crippen molar-refractivity contribution >= 4 is 16.8 Å². The number of fused-ring (bicyclic) bond motifs is 1. The lowest BCUT2D eigenvalue weighted by Gasteiger charge is -2.34. The average molecular weight is 614 g/mol. The third-order valence-electron chi connectivity index (χ3n) is 9.47. The highest BCUT2D eigenvalue weighted by Crippen LogP contribution is 2.44. The molecule has 4 aromatic rings. The number of hydrogen-bond donors (Lipinski definition) is 1. The zero-order valence-electron chi connectivity index (χ0n) is 26.1. The molecule has 1 amide bonds. The van der Waals surface area contributed by atoms with Gasteiger partial charge in [-0.3, -0.25) is 19.1 Å². The van der Waals surface area contributed by atoms with E-state index in [4.69, 9.17) is 4.98 Å². The summed E-state index contributed by atoms with van der Waals surface area (Å²) >= 11 is 0. The van der Waals surface area contributed by atoms with Crippen molar-refractivity contribution in [1.29, 1.82) is 0 Å². The van der Waals surface area contributed by atoms with Crippen LogP contribution in [0.1, 0.15) is 97.9 Å². The summed E-state index contributed by atoms with van der Waals surface area (Å²) in [6.07, 6.45) is 8.81. The molecule has 236 valence electrons. The average Bonchev–Trinajstić information content (AvgIpc) is 3.98. The van der Waals surface area contributed by atoms with Gasteiger partial charge in [-0.2, -0.15) is 0 Å². The highest BCUT2D eigenvalue weighted by Gasteiger charge is 2.33. The lowest BCUT2D eigenvalue weighted by molar-refractivity contribution is 0.0400. The minimum atomic E-state index is -1.05. The summed E-state index contributed by atoms with van der Waals surface area (Å²) in [4.78, 5) is 39.7. The van der Waals surface area contributed by atoms with Crippen molar-refractivity contribution in [2.45, 2.75) is 83.3 Å².